The summed E-state index contributed by atoms with van der Waals surface area (Å²) >= 11 is 0. The summed E-state index contributed by atoms with van der Waals surface area (Å²) in [5.41, 5.74) is 0. The lowest BCUT2D eigenvalue weighted by Crippen LogP contribution is -2.34. The van der Waals surface area contributed by atoms with E-state index in [-0.39, 0.29) is 0 Å². The van der Waals surface area contributed by atoms with E-state index in [9.17, 15) is 0 Å². The maximum atomic E-state index is 5.46. The van der Waals surface area contributed by atoms with Crippen molar-refractivity contribution in [2.75, 3.05) is 87.6 Å². The Hall–Kier alpha value is -0.280. The van der Waals surface area contributed by atoms with Crippen molar-refractivity contribution in [2.24, 2.45) is 0 Å². The normalized spacial score (nSPS) is 11.4. The highest BCUT2D eigenvalue weighted by Gasteiger charge is 2.05. The fourth-order valence-corrected chi connectivity index (χ4v) is 1.45. The van der Waals surface area contributed by atoms with Crippen molar-refractivity contribution in [2.45, 2.75) is 0 Å². The zero-order chi connectivity index (χ0) is 14.9. The van der Waals surface area contributed by atoms with Crippen LogP contribution in [0, 0.1) is 0 Å². The molecule has 0 unspecified atom stereocenters. The van der Waals surface area contributed by atoms with Crippen LogP contribution < -0.4 is 0 Å². The average Bonchev–Trinajstić information content (AvgIpc) is 2.47. The smallest absolute Gasteiger partial charge is 0.146 e. The Morgan fingerprint density at radius 3 is 1.50 bits per heavy atom. The molecule has 122 valence electrons. The molecule has 0 rings (SSSR count). The van der Waals surface area contributed by atoms with Crippen LogP contribution in [0.4, 0.5) is 0 Å². The van der Waals surface area contributed by atoms with Crippen molar-refractivity contribution in [3.63, 3.8) is 0 Å². The number of ether oxygens (including phenoxy) is 6. The van der Waals surface area contributed by atoms with Gasteiger partial charge in [0.05, 0.1) is 33.0 Å². The Labute approximate surface area is 122 Å². The number of rotatable bonds is 16. The molecule has 0 saturated heterocycles. The molecule has 0 amide bonds. The molecule has 0 aromatic rings. The van der Waals surface area contributed by atoms with Gasteiger partial charge in [0, 0.05) is 41.0 Å². The van der Waals surface area contributed by atoms with Crippen molar-refractivity contribution in [3.05, 3.63) is 0 Å². The zero-order valence-electron chi connectivity index (χ0n) is 13.0. The predicted octanol–water partition coefficient (Wildman–Crippen LogP) is 0.192. The van der Waals surface area contributed by atoms with Crippen LogP contribution in [0.1, 0.15) is 0 Å². The SMILES string of the molecule is COCCOCCN(CCOCOC)CCOCOC. The second-order valence-corrected chi connectivity index (χ2v) is 4.08. The van der Waals surface area contributed by atoms with Gasteiger partial charge in [-0.25, -0.2) is 0 Å². The van der Waals surface area contributed by atoms with Crippen LogP contribution in [0.3, 0.4) is 0 Å². The molecule has 0 aliphatic carbocycles. The average molecular weight is 295 g/mol. The van der Waals surface area contributed by atoms with E-state index in [1.165, 1.54) is 0 Å². The fourth-order valence-electron chi connectivity index (χ4n) is 1.45. The molecule has 7 nitrogen and oxygen atoms in total. The lowest BCUT2D eigenvalue weighted by atomic mass is 10.4. The van der Waals surface area contributed by atoms with E-state index >= 15 is 0 Å². The van der Waals surface area contributed by atoms with Gasteiger partial charge in [-0.1, -0.05) is 0 Å². The molecule has 0 spiro atoms. The van der Waals surface area contributed by atoms with Gasteiger partial charge in [0.1, 0.15) is 13.6 Å². The number of nitrogens with zero attached hydrogens (tertiary/aromatic N) is 1. The minimum absolute atomic E-state index is 0.318. The number of hydrogen-bond donors (Lipinski definition) is 0. The molecule has 0 aromatic carbocycles. The van der Waals surface area contributed by atoms with Gasteiger partial charge in [0.2, 0.25) is 0 Å². The summed E-state index contributed by atoms with van der Waals surface area (Å²) < 4.78 is 30.7. The van der Waals surface area contributed by atoms with Gasteiger partial charge in [0.25, 0.3) is 0 Å². The van der Waals surface area contributed by atoms with Crippen LogP contribution in [0.25, 0.3) is 0 Å². The molecule has 0 radical (unpaired) electrons. The van der Waals surface area contributed by atoms with Gasteiger partial charge >= 0.3 is 0 Å². The van der Waals surface area contributed by atoms with E-state index in [1.54, 1.807) is 21.3 Å². The molecular formula is C13H29NO6. The lowest BCUT2D eigenvalue weighted by molar-refractivity contribution is -0.0511. The third-order valence-electron chi connectivity index (χ3n) is 2.49. The third kappa shape index (κ3) is 14.1. The Bertz CT molecular complexity index is 172. The van der Waals surface area contributed by atoms with Crippen LogP contribution in [-0.2, 0) is 28.4 Å². The zero-order valence-corrected chi connectivity index (χ0v) is 13.0. The summed E-state index contributed by atoms with van der Waals surface area (Å²) in [7, 11) is 4.88. The highest BCUT2D eigenvalue weighted by atomic mass is 16.7. The predicted molar refractivity (Wildman–Crippen MR) is 74.8 cm³/mol. The molecule has 0 aromatic heterocycles. The summed E-state index contributed by atoms with van der Waals surface area (Å²) in [5.74, 6) is 0. The quantitative estimate of drug-likeness (QED) is 0.298. The number of hydrogen-bond acceptors (Lipinski definition) is 7. The van der Waals surface area contributed by atoms with Crippen molar-refractivity contribution >= 4 is 0 Å². The van der Waals surface area contributed by atoms with E-state index in [2.05, 4.69) is 4.90 Å². The molecular weight excluding hydrogens is 266 g/mol. The topological polar surface area (TPSA) is 58.6 Å². The second kappa shape index (κ2) is 16.8. The first-order valence-electron chi connectivity index (χ1n) is 6.77. The first-order chi connectivity index (χ1) is 9.85. The largest absolute Gasteiger partial charge is 0.382 e. The summed E-state index contributed by atoms with van der Waals surface area (Å²) in [4.78, 5) is 2.22. The van der Waals surface area contributed by atoms with Gasteiger partial charge in [-0.3, -0.25) is 4.90 Å². The maximum Gasteiger partial charge on any atom is 0.146 e. The van der Waals surface area contributed by atoms with Crippen LogP contribution in [-0.4, -0.2) is 92.5 Å². The summed E-state index contributed by atoms with van der Waals surface area (Å²) in [6.45, 7) is 6.23. The van der Waals surface area contributed by atoms with Gasteiger partial charge < -0.3 is 28.4 Å². The first-order valence-corrected chi connectivity index (χ1v) is 6.77. The minimum Gasteiger partial charge on any atom is -0.382 e. The van der Waals surface area contributed by atoms with Crippen molar-refractivity contribution in [3.8, 4) is 0 Å². The van der Waals surface area contributed by atoms with E-state index in [1.807, 2.05) is 0 Å². The third-order valence-corrected chi connectivity index (χ3v) is 2.49. The molecule has 0 saturated carbocycles. The van der Waals surface area contributed by atoms with E-state index in [4.69, 9.17) is 28.4 Å². The molecule has 20 heavy (non-hydrogen) atoms. The second-order valence-electron chi connectivity index (χ2n) is 4.08. The van der Waals surface area contributed by atoms with Gasteiger partial charge in [-0.05, 0) is 0 Å². The van der Waals surface area contributed by atoms with Gasteiger partial charge in [0.15, 0.2) is 0 Å². The van der Waals surface area contributed by atoms with Gasteiger partial charge in [-0.15, -0.1) is 0 Å². The summed E-state index contributed by atoms with van der Waals surface area (Å²) in [6, 6.07) is 0. The van der Waals surface area contributed by atoms with Crippen LogP contribution in [0.5, 0.6) is 0 Å². The van der Waals surface area contributed by atoms with E-state index in [0.29, 0.717) is 46.6 Å². The maximum absolute atomic E-state index is 5.46. The molecule has 0 bridgehead atoms. The molecule has 0 aliphatic heterocycles. The van der Waals surface area contributed by atoms with E-state index < -0.39 is 0 Å². The summed E-state index contributed by atoms with van der Waals surface area (Å²) in [5, 5.41) is 0. The Morgan fingerprint density at radius 2 is 1.05 bits per heavy atom. The molecule has 7 heteroatoms. The number of methoxy groups -OCH3 is 3. The van der Waals surface area contributed by atoms with E-state index in [0.717, 1.165) is 19.6 Å². The van der Waals surface area contributed by atoms with Crippen molar-refractivity contribution in [1.82, 2.24) is 4.90 Å². The Kier molecular flexibility index (Phi) is 16.5. The van der Waals surface area contributed by atoms with Crippen molar-refractivity contribution < 1.29 is 28.4 Å². The van der Waals surface area contributed by atoms with Gasteiger partial charge in [-0.2, -0.15) is 0 Å². The van der Waals surface area contributed by atoms with Crippen molar-refractivity contribution in [1.29, 1.82) is 0 Å². The highest BCUT2D eigenvalue weighted by Crippen LogP contribution is 1.92. The standard InChI is InChI=1S/C13H29NO6/c1-15-10-11-18-7-4-14(5-8-19-12-16-2)6-9-20-13-17-3/h4-13H2,1-3H3. The Morgan fingerprint density at radius 1 is 0.550 bits per heavy atom. The minimum atomic E-state index is 0.318. The highest BCUT2D eigenvalue weighted by molar-refractivity contribution is 4.56. The molecule has 0 aliphatic rings. The fraction of sp³-hybridized carbons (Fsp3) is 1.00. The molecule has 0 atom stereocenters. The van der Waals surface area contributed by atoms with Crippen LogP contribution >= 0.6 is 0 Å². The summed E-state index contributed by atoms with van der Waals surface area (Å²) in [6.07, 6.45) is 0. The molecule has 0 heterocycles. The molecule has 0 fully saturated rings. The molecule has 0 N–H and O–H groups in total. The van der Waals surface area contributed by atoms with Crippen LogP contribution in [0.2, 0.25) is 0 Å². The first kappa shape index (κ1) is 19.7. The Balaban J connectivity index is 3.67. The lowest BCUT2D eigenvalue weighted by Gasteiger charge is -2.22. The van der Waals surface area contributed by atoms with Crippen LogP contribution in [0.15, 0.2) is 0 Å². The monoisotopic (exact) mass is 295 g/mol.